The zero-order valence-electron chi connectivity index (χ0n) is 8.63. The minimum atomic E-state index is 0.308. The van der Waals surface area contributed by atoms with Crippen LogP contribution in [0.5, 0.6) is 0 Å². The molecule has 1 rings (SSSR count). The highest BCUT2D eigenvalue weighted by molar-refractivity contribution is 6.16. The van der Waals surface area contributed by atoms with E-state index >= 15 is 0 Å². The number of rotatable bonds is 7. The van der Waals surface area contributed by atoms with E-state index in [4.69, 9.17) is 16.1 Å². The van der Waals surface area contributed by atoms with Crippen LogP contribution in [0.2, 0.25) is 0 Å². The third-order valence-electron chi connectivity index (χ3n) is 2.13. The maximum atomic E-state index is 5.55. The predicted molar refractivity (Wildman–Crippen MR) is 56.3 cm³/mol. The first-order chi connectivity index (χ1) is 6.86. The third kappa shape index (κ3) is 4.09. The molecule has 0 aliphatic heterocycles. The lowest BCUT2D eigenvalue weighted by Gasteiger charge is -1.95. The van der Waals surface area contributed by atoms with Crippen LogP contribution in [0, 0.1) is 0 Å². The molecule has 0 bridgehead atoms. The highest BCUT2D eigenvalue weighted by atomic mass is 35.5. The van der Waals surface area contributed by atoms with Crippen molar-refractivity contribution in [2.75, 3.05) is 0 Å². The third-order valence-corrected chi connectivity index (χ3v) is 2.36. The number of halogens is 1. The first-order valence-electron chi connectivity index (χ1n) is 5.24. The molecule has 0 saturated heterocycles. The Labute approximate surface area is 89.8 Å². The molecule has 4 heteroatoms. The summed E-state index contributed by atoms with van der Waals surface area (Å²) in [4.78, 5) is 4.14. The second-order valence-corrected chi connectivity index (χ2v) is 3.67. The van der Waals surface area contributed by atoms with E-state index in [-0.39, 0.29) is 0 Å². The summed E-state index contributed by atoms with van der Waals surface area (Å²) in [5.74, 6) is 1.62. The number of aromatic nitrogens is 2. The van der Waals surface area contributed by atoms with Crippen LogP contribution in [0.15, 0.2) is 4.52 Å². The van der Waals surface area contributed by atoms with E-state index < -0.39 is 0 Å². The van der Waals surface area contributed by atoms with Crippen LogP contribution in [0.3, 0.4) is 0 Å². The van der Waals surface area contributed by atoms with Crippen molar-refractivity contribution in [2.45, 2.75) is 51.3 Å². The summed E-state index contributed by atoms with van der Waals surface area (Å²) in [6.45, 7) is 2.21. The fourth-order valence-electron chi connectivity index (χ4n) is 1.33. The quantitative estimate of drug-likeness (QED) is 0.519. The van der Waals surface area contributed by atoms with Gasteiger partial charge in [0.1, 0.15) is 5.88 Å². The molecule has 80 valence electrons. The van der Waals surface area contributed by atoms with Crippen molar-refractivity contribution in [1.82, 2.24) is 10.1 Å². The maximum Gasteiger partial charge on any atom is 0.241 e. The van der Waals surface area contributed by atoms with Crippen molar-refractivity contribution >= 4 is 11.6 Å². The fourth-order valence-corrected chi connectivity index (χ4v) is 1.44. The van der Waals surface area contributed by atoms with Crippen molar-refractivity contribution in [3.8, 4) is 0 Å². The minimum absolute atomic E-state index is 0.308. The van der Waals surface area contributed by atoms with Crippen molar-refractivity contribution in [2.24, 2.45) is 0 Å². The molecule has 0 unspecified atom stereocenters. The van der Waals surface area contributed by atoms with Crippen LogP contribution in [0.4, 0.5) is 0 Å². The second-order valence-electron chi connectivity index (χ2n) is 3.40. The van der Waals surface area contributed by atoms with Gasteiger partial charge in [0.2, 0.25) is 5.89 Å². The molecular formula is C10H17ClN2O. The second kappa shape index (κ2) is 6.82. The molecule has 1 heterocycles. The Bertz CT molecular complexity index is 250. The number of unbranched alkanes of at least 4 members (excludes halogenated alkanes) is 4. The minimum Gasteiger partial charge on any atom is -0.338 e. The van der Waals surface area contributed by atoms with Crippen molar-refractivity contribution in [3.05, 3.63) is 11.7 Å². The molecule has 0 aromatic carbocycles. The molecule has 1 aromatic rings. The number of hydrogen-bond donors (Lipinski definition) is 0. The molecule has 0 saturated carbocycles. The normalized spacial score (nSPS) is 10.7. The van der Waals surface area contributed by atoms with Gasteiger partial charge in [0.25, 0.3) is 0 Å². The van der Waals surface area contributed by atoms with Crippen LogP contribution < -0.4 is 0 Å². The topological polar surface area (TPSA) is 38.9 Å². The lowest BCUT2D eigenvalue weighted by Crippen LogP contribution is -1.89. The lowest BCUT2D eigenvalue weighted by molar-refractivity contribution is 0.383. The Morgan fingerprint density at radius 1 is 1.21 bits per heavy atom. The molecule has 14 heavy (non-hydrogen) atoms. The molecular weight excluding hydrogens is 200 g/mol. The van der Waals surface area contributed by atoms with Crippen LogP contribution >= 0.6 is 11.6 Å². The van der Waals surface area contributed by atoms with Crippen LogP contribution in [0.25, 0.3) is 0 Å². The number of aryl methyl sites for hydroxylation is 1. The standard InChI is InChI=1S/C10H17ClN2O/c1-2-3-4-5-6-7-9-12-10(8-11)14-13-9/h2-8H2,1H3. The highest BCUT2D eigenvalue weighted by Crippen LogP contribution is 2.07. The van der Waals surface area contributed by atoms with Gasteiger partial charge in [0.15, 0.2) is 5.82 Å². The molecule has 1 aromatic heterocycles. The van der Waals surface area contributed by atoms with Gasteiger partial charge >= 0.3 is 0 Å². The maximum absolute atomic E-state index is 5.55. The largest absolute Gasteiger partial charge is 0.338 e. The van der Waals surface area contributed by atoms with E-state index in [1.54, 1.807) is 0 Å². The SMILES string of the molecule is CCCCCCCc1noc(CCl)n1. The van der Waals surface area contributed by atoms with Gasteiger partial charge in [-0.25, -0.2) is 0 Å². The molecule has 0 N–H and O–H groups in total. The van der Waals surface area contributed by atoms with E-state index in [9.17, 15) is 0 Å². The summed E-state index contributed by atoms with van der Waals surface area (Å²) in [6, 6.07) is 0. The highest BCUT2D eigenvalue weighted by Gasteiger charge is 2.03. The predicted octanol–water partition coefficient (Wildman–Crippen LogP) is 3.32. The molecule has 0 fully saturated rings. The van der Waals surface area contributed by atoms with E-state index in [1.807, 2.05) is 0 Å². The summed E-state index contributed by atoms with van der Waals surface area (Å²) in [7, 11) is 0. The summed E-state index contributed by atoms with van der Waals surface area (Å²) in [5, 5.41) is 3.83. The van der Waals surface area contributed by atoms with Crippen LogP contribution in [-0.2, 0) is 12.3 Å². The van der Waals surface area contributed by atoms with Crippen molar-refractivity contribution in [1.29, 1.82) is 0 Å². The zero-order chi connectivity index (χ0) is 10.2. The number of alkyl halides is 1. The van der Waals surface area contributed by atoms with Gasteiger partial charge in [0.05, 0.1) is 0 Å². The van der Waals surface area contributed by atoms with Gasteiger partial charge in [-0.2, -0.15) is 4.98 Å². The molecule has 0 spiro atoms. The van der Waals surface area contributed by atoms with Crippen molar-refractivity contribution < 1.29 is 4.52 Å². The summed E-state index contributed by atoms with van der Waals surface area (Å²) >= 11 is 5.55. The molecule has 0 atom stereocenters. The Morgan fingerprint density at radius 2 is 2.00 bits per heavy atom. The molecule has 3 nitrogen and oxygen atoms in total. The summed E-state index contributed by atoms with van der Waals surface area (Å²) in [6.07, 6.45) is 7.19. The fraction of sp³-hybridized carbons (Fsp3) is 0.800. The first kappa shape index (κ1) is 11.5. The lowest BCUT2D eigenvalue weighted by atomic mass is 10.1. The number of hydrogen-bond acceptors (Lipinski definition) is 3. The van der Waals surface area contributed by atoms with E-state index in [1.165, 1.54) is 25.7 Å². The molecule has 0 aliphatic carbocycles. The molecule has 0 aliphatic rings. The Morgan fingerprint density at radius 3 is 2.64 bits per heavy atom. The summed E-state index contributed by atoms with van der Waals surface area (Å²) in [5.41, 5.74) is 0. The first-order valence-corrected chi connectivity index (χ1v) is 5.77. The van der Waals surface area contributed by atoms with Crippen LogP contribution in [0.1, 0.15) is 50.7 Å². The summed E-state index contributed by atoms with van der Waals surface area (Å²) < 4.78 is 4.90. The Balaban J connectivity index is 2.12. The van der Waals surface area contributed by atoms with E-state index in [0.29, 0.717) is 11.8 Å². The number of nitrogens with zero attached hydrogens (tertiary/aromatic N) is 2. The Hall–Kier alpha value is -0.570. The molecule has 0 radical (unpaired) electrons. The Kier molecular flexibility index (Phi) is 5.60. The van der Waals surface area contributed by atoms with Gasteiger partial charge in [0, 0.05) is 6.42 Å². The van der Waals surface area contributed by atoms with Gasteiger partial charge in [-0.15, -0.1) is 11.6 Å². The monoisotopic (exact) mass is 216 g/mol. The molecule has 0 amide bonds. The van der Waals surface area contributed by atoms with Gasteiger partial charge in [-0.3, -0.25) is 0 Å². The van der Waals surface area contributed by atoms with Crippen molar-refractivity contribution in [3.63, 3.8) is 0 Å². The van der Waals surface area contributed by atoms with E-state index in [2.05, 4.69) is 17.1 Å². The van der Waals surface area contributed by atoms with E-state index in [0.717, 1.165) is 18.7 Å². The average Bonchev–Trinajstić information content (AvgIpc) is 2.65. The average molecular weight is 217 g/mol. The van der Waals surface area contributed by atoms with Gasteiger partial charge in [-0.1, -0.05) is 37.8 Å². The van der Waals surface area contributed by atoms with Gasteiger partial charge in [-0.05, 0) is 6.42 Å². The smallest absolute Gasteiger partial charge is 0.241 e. The van der Waals surface area contributed by atoms with Gasteiger partial charge < -0.3 is 4.52 Å². The van der Waals surface area contributed by atoms with Crippen LogP contribution in [-0.4, -0.2) is 10.1 Å². The zero-order valence-corrected chi connectivity index (χ0v) is 9.39.